The lowest BCUT2D eigenvalue weighted by molar-refractivity contribution is 0.0181. The van der Waals surface area contributed by atoms with Crippen molar-refractivity contribution in [1.82, 2.24) is 4.90 Å². The first-order valence-electron chi connectivity index (χ1n) is 9.36. The van der Waals surface area contributed by atoms with E-state index in [1.807, 2.05) is 43.3 Å². The van der Waals surface area contributed by atoms with Crippen LogP contribution in [0.1, 0.15) is 19.8 Å². The highest BCUT2D eigenvalue weighted by atomic mass is 16.5. The zero-order chi connectivity index (χ0) is 18.8. The monoisotopic (exact) mass is 368 g/mol. The molecule has 2 amide bonds. The Bertz CT molecular complexity index is 963. The Morgan fingerprint density at radius 2 is 2.11 bits per heavy atom. The molecule has 0 spiro atoms. The average molecular weight is 368 g/mol. The fraction of sp³-hybridized carbons (Fsp3) is 0.381. The van der Waals surface area contributed by atoms with E-state index in [1.165, 1.54) is 0 Å². The molecule has 3 aromatic rings. The third kappa shape index (κ3) is 3.45. The predicted octanol–water partition coefficient (Wildman–Crippen LogP) is 4.63. The molecule has 1 aliphatic heterocycles. The van der Waals surface area contributed by atoms with Gasteiger partial charge in [-0.05, 0) is 31.9 Å². The maximum Gasteiger partial charge on any atom is 0.322 e. The van der Waals surface area contributed by atoms with Crippen molar-refractivity contribution in [1.29, 1.82) is 0 Å². The molecule has 0 bridgehead atoms. The van der Waals surface area contributed by atoms with Crippen molar-refractivity contribution in [3.8, 4) is 5.75 Å². The number of ether oxygens (including phenoxy) is 2. The first-order chi connectivity index (χ1) is 13.2. The summed E-state index contributed by atoms with van der Waals surface area (Å²) in [6.07, 6.45) is 2.04. The lowest BCUT2D eigenvalue weighted by Gasteiger charge is -2.32. The summed E-state index contributed by atoms with van der Waals surface area (Å²) in [5.74, 6) is 0.612. The van der Waals surface area contributed by atoms with Crippen LogP contribution in [-0.4, -0.2) is 43.8 Å². The third-order valence-corrected chi connectivity index (χ3v) is 5.01. The van der Waals surface area contributed by atoms with E-state index in [9.17, 15) is 4.79 Å². The molecule has 0 aliphatic carbocycles. The Morgan fingerprint density at radius 3 is 2.93 bits per heavy atom. The zero-order valence-corrected chi connectivity index (χ0v) is 15.7. The molecule has 2 aromatic carbocycles. The van der Waals surface area contributed by atoms with Crippen molar-refractivity contribution in [2.75, 3.05) is 32.1 Å². The van der Waals surface area contributed by atoms with E-state index < -0.39 is 0 Å². The number of amides is 2. The third-order valence-electron chi connectivity index (χ3n) is 5.01. The molecule has 2 heterocycles. The van der Waals surface area contributed by atoms with Crippen molar-refractivity contribution in [3.05, 3.63) is 36.4 Å². The van der Waals surface area contributed by atoms with Crippen LogP contribution in [-0.2, 0) is 4.74 Å². The van der Waals surface area contributed by atoms with Crippen LogP contribution < -0.4 is 10.1 Å². The van der Waals surface area contributed by atoms with E-state index >= 15 is 0 Å². The zero-order valence-electron chi connectivity index (χ0n) is 15.7. The second-order valence-electron chi connectivity index (χ2n) is 6.74. The van der Waals surface area contributed by atoms with Gasteiger partial charge in [0.1, 0.15) is 16.9 Å². The minimum absolute atomic E-state index is 0.106. The van der Waals surface area contributed by atoms with E-state index in [0.717, 1.165) is 41.3 Å². The Hall–Kier alpha value is -2.73. The molecule has 6 nitrogen and oxygen atoms in total. The topological polar surface area (TPSA) is 63.9 Å². The Labute approximate surface area is 158 Å². The molecule has 1 N–H and O–H groups in total. The number of piperidine rings is 1. The molecule has 0 unspecified atom stereocenters. The number of furan rings is 1. The number of carbonyl (C=O) groups is 1. The first kappa shape index (κ1) is 17.7. The van der Waals surface area contributed by atoms with Crippen LogP contribution in [0.5, 0.6) is 5.75 Å². The molecule has 142 valence electrons. The van der Waals surface area contributed by atoms with Crippen molar-refractivity contribution in [3.63, 3.8) is 0 Å². The number of rotatable bonds is 4. The highest BCUT2D eigenvalue weighted by Gasteiger charge is 2.25. The number of nitrogens with zero attached hydrogens (tertiary/aromatic N) is 1. The number of urea groups is 1. The summed E-state index contributed by atoms with van der Waals surface area (Å²) in [7, 11) is 1.60. The number of para-hydroxylation sites is 1. The van der Waals surface area contributed by atoms with Gasteiger partial charge < -0.3 is 24.1 Å². The Morgan fingerprint density at radius 1 is 1.26 bits per heavy atom. The molecule has 4 rings (SSSR count). The summed E-state index contributed by atoms with van der Waals surface area (Å²) in [6.45, 7) is 3.97. The number of likely N-dealkylation sites (tertiary alicyclic amines) is 1. The summed E-state index contributed by atoms with van der Waals surface area (Å²) in [5, 5.41) is 4.97. The van der Waals surface area contributed by atoms with Gasteiger partial charge in [0, 0.05) is 36.5 Å². The normalized spacial score (nSPS) is 17.4. The van der Waals surface area contributed by atoms with Gasteiger partial charge in [0.25, 0.3) is 0 Å². The van der Waals surface area contributed by atoms with Gasteiger partial charge >= 0.3 is 6.03 Å². The number of methoxy groups -OCH3 is 1. The van der Waals surface area contributed by atoms with E-state index in [0.29, 0.717) is 24.6 Å². The van der Waals surface area contributed by atoms with E-state index in [1.54, 1.807) is 12.0 Å². The lowest BCUT2D eigenvalue weighted by atomic mass is 10.1. The standard InChI is InChI=1S/C21H24N2O4/c1-3-26-14-7-6-10-23(13-14)21(24)22-17-12-19-16(11-20(17)25-2)15-8-4-5-9-18(15)27-19/h4-5,8-9,11-12,14H,3,6-7,10,13H2,1-2H3,(H,22,24)/t14-/m0/s1. The van der Waals surface area contributed by atoms with Crippen molar-refractivity contribution < 1.29 is 18.7 Å². The van der Waals surface area contributed by atoms with Gasteiger partial charge in [-0.15, -0.1) is 0 Å². The summed E-state index contributed by atoms with van der Waals surface area (Å²) in [6, 6.07) is 11.5. The molecular weight excluding hydrogens is 344 g/mol. The molecule has 6 heteroatoms. The highest BCUT2D eigenvalue weighted by molar-refractivity contribution is 6.07. The van der Waals surface area contributed by atoms with Gasteiger partial charge in [-0.3, -0.25) is 0 Å². The second-order valence-corrected chi connectivity index (χ2v) is 6.74. The molecule has 1 aromatic heterocycles. The van der Waals surface area contributed by atoms with Crippen LogP contribution in [0, 0.1) is 0 Å². The highest BCUT2D eigenvalue weighted by Crippen LogP contribution is 2.36. The Balaban J connectivity index is 1.61. The van der Waals surface area contributed by atoms with Gasteiger partial charge in [-0.1, -0.05) is 18.2 Å². The molecule has 1 saturated heterocycles. The molecule has 27 heavy (non-hydrogen) atoms. The number of hydrogen-bond donors (Lipinski definition) is 1. The van der Waals surface area contributed by atoms with Gasteiger partial charge in [-0.25, -0.2) is 4.79 Å². The van der Waals surface area contributed by atoms with Crippen LogP contribution in [0.2, 0.25) is 0 Å². The summed E-state index contributed by atoms with van der Waals surface area (Å²) < 4.78 is 17.1. The van der Waals surface area contributed by atoms with Crippen LogP contribution in [0.3, 0.4) is 0 Å². The smallest absolute Gasteiger partial charge is 0.322 e. The van der Waals surface area contributed by atoms with Crippen LogP contribution in [0.15, 0.2) is 40.8 Å². The number of benzene rings is 2. The fourth-order valence-corrected chi connectivity index (χ4v) is 3.71. The van der Waals surface area contributed by atoms with Gasteiger partial charge in [-0.2, -0.15) is 0 Å². The van der Waals surface area contributed by atoms with Gasteiger partial charge in [0.2, 0.25) is 0 Å². The number of carbonyl (C=O) groups excluding carboxylic acids is 1. The second kappa shape index (κ2) is 7.48. The Kier molecular flexibility index (Phi) is 4.90. The van der Waals surface area contributed by atoms with Gasteiger partial charge in [0.05, 0.1) is 18.9 Å². The number of hydrogen-bond acceptors (Lipinski definition) is 4. The molecule has 0 radical (unpaired) electrons. The van der Waals surface area contributed by atoms with Crippen LogP contribution >= 0.6 is 0 Å². The minimum atomic E-state index is -0.145. The summed E-state index contributed by atoms with van der Waals surface area (Å²) >= 11 is 0. The quantitative estimate of drug-likeness (QED) is 0.729. The summed E-state index contributed by atoms with van der Waals surface area (Å²) in [5.41, 5.74) is 2.14. The van der Waals surface area contributed by atoms with E-state index in [4.69, 9.17) is 13.9 Å². The largest absolute Gasteiger partial charge is 0.495 e. The van der Waals surface area contributed by atoms with Crippen LogP contribution in [0.4, 0.5) is 10.5 Å². The lowest BCUT2D eigenvalue weighted by Crippen LogP contribution is -2.45. The first-order valence-corrected chi connectivity index (χ1v) is 9.36. The summed E-state index contributed by atoms with van der Waals surface area (Å²) in [4.78, 5) is 14.6. The maximum atomic E-state index is 12.8. The van der Waals surface area contributed by atoms with Crippen LogP contribution in [0.25, 0.3) is 21.9 Å². The van der Waals surface area contributed by atoms with E-state index in [-0.39, 0.29) is 12.1 Å². The number of fused-ring (bicyclic) bond motifs is 3. The van der Waals surface area contributed by atoms with E-state index in [2.05, 4.69) is 5.32 Å². The number of anilines is 1. The molecule has 1 atom stereocenters. The molecule has 0 saturated carbocycles. The molecule has 1 aliphatic rings. The maximum absolute atomic E-state index is 12.8. The molecular formula is C21H24N2O4. The SMILES string of the molecule is CCO[C@H]1CCCN(C(=O)Nc2cc3oc4ccccc4c3cc2OC)C1. The van der Waals surface area contributed by atoms with Gasteiger partial charge in [0.15, 0.2) is 0 Å². The predicted molar refractivity (Wildman–Crippen MR) is 106 cm³/mol. The fourth-order valence-electron chi connectivity index (χ4n) is 3.71. The number of nitrogens with one attached hydrogen (secondary N) is 1. The minimum Gasteiger partial charge on any atom is -0.495 e. The van der Waals surface area contributed by atoms with Crippen molar-refractivity contribution in [2.24, 2.45) is 0 Å². The average Bonchev–Trinajstić information content (AvgIpc) is 3.05. The van der Waals surface area contributed by atoms with Crippen molar-refractivity contribution in [2.45, 2.75) is 25.9 Å². The molecule has 1 fully saturated rings. The van der Waals surface area contributed by atoms with Crippen molar-refractivity contribution >= 4 is 33.7 Å².